The van der Waals surface area contributed by atoms with Gasteiger partial charge in [-0.25, -0.2) is 0 Å². The molecule has 0 amide bonds. The van der Waals surface area contributed by atoms with Crippen molar-refractivity contribution < 1.29 is 0 Å². The molecule has 0 aliphatic carbocycles. The van der Waals surface area contributed by atoms with Crippen LogP contribution in [0.25, 0.3) is 0 Å². The van der Waals surface area contributed by atoms with Gasteiger partial charge in [0.2, 0.25) is 0 Å². The van der Waals surface area contributed by atoms with E-state index in [1.165, 1.54) is 0 Å². The maximum absolute atomic E-state index is 8.67. The summed E-state index contributed by atoms with van der Waals surface area (Å²) in [6.45, 7) is 1.92. The first-order valence-electron chi connectivity index (χ1n) is 3.73. The zero-order chi connectivity index (χ0) is 8.97. The van der Waals surface area contributed by atoms with Crippen molar-refractivity contribution in [1.82, 2.24) is 4.57 Å². The van der Waals surface area contributed by atoms with Crippen molar-refractivity contribution in [3.63, 3.8) is 0 Å². The topological polar surface area (TPSA) is 52.5 Å². The lowest BCUT2D eigenvalue weighted by Gasteiger charge is -2.09. The average Bonchev–Trinajstić information content (AvgIpc) is 2.51. The van der Waals surface area contributed by atoms with Gasteiger partial charge in [0.15, 0.2) is 0 Å². The van der Waals surface area contributed by atoms with Crippen molar-refractivity contribution in [2.75, 3.05) is 0 Å². The van der Waals surface area contributed by atoms with Gasteiger partial charge in [-0.15, -0.1) is 0 Å². The van der Waals surface area contributed by atoms with Crippen LogP contribution in [0, 0.1) is 22.7 Å². The van der Waals surface area contributed by atoms with Crippen LogP contribution in [0.5, 0.6) is 0 Å². The third-order valence-corrected chi connectivity index (χ3v) is 1.76. The van der Waals surface area contributed by atoms with Gasteiger partial charge in [-0.1, -0.05) is 0 Å². The van der Waals surface area contributed by atoms with E-state index >= 15 is 0 Å². The molecule has 0 aliphatic heterocycles. The second-order valence-electron chi connectivity index (χ2n) is 2.62. The minimum Gasteiger partial charge on any atom is -0.336 e. The second kappa shape index (κ2) is 3.59. The molecule has 1 aromatic heterocycles. The number of hydrogen-bond donors (Lipinski definition) is 0. The summed E-state index contributed by atoms with van der Waals surface area (Å²) < 4.78 is 1.81. The van der Waals surface area contributed by atoms with E-state index in [9.17, 15) is 0 Å². The van der Waals surface area contributed by atoms with E-state index in [1.807, 2.05) is 23.8 Å². The summed E-state index contributed by atoms with van der Waals surface area (Å²) in [5.74, 6) is 0. The summed E-state index contributed by atoms with van der Waals surface area (Å²) >= 11 is 0. The fraction of sp³-hybridized carbons (Fsp3) is 0.333. The van der Waals surface area contributed by atoms with Crippen LogP contribution in [0.1, 0.15) is 25.1 Å². The molecule has 1 unspecified atom stereocenters. The van der Waals surface area contributed by atoms with Crippen LogP contribution < -0.4 is 0 Å². The van der Waals surface area contributed by atoms with E-state index in [2.05, 4.69) is 12.1 Å². The molecule has 0 N–H and O–H groups in total. The number of hydrogen-bond acceptors (Lipinski definition) is 2. The Morgan fingerprint density at radius 2 is 2.33 bits per heavy atom. The van der Waals surface area contributed by atoms with E-state index < -0.39 is 0 Å². The molecule has 1 atom stereocenters. The number of nitriles is 2. The van der Waals surface area contributed by atoms with Crippen molar-refractivity contribution >= 4 is 0 Å². The van der Waals surface area contributed by atoms with Gasteiger partial charge in [0.05, 0.1) is 12.5 Å². The maximum atomic E-state index is 8.67. The van der Waals surface area contributed by atoms with E-state index in [4.69, 9.17) is 10.5 Å². The molecule has 0 aliphatic rings. The zero-order valence-electron chi connectivity index (χ0n) is 6.86. The highest BCUT2D eigenvalue weighted by atomic mass is 15.0. The van der Waals surface area contributed by atoms with Crippen LogP contribution in [0.3, 0.4) is 0 Å². The predicted molar refractivity (Wildman–Crippen MR) is 44.1 cm³/mol. The summed E-state index contributed by atoms with van der Waals surface area (Å²) in [6, 6.07) is 7.78. The standard InChI is InChI=1S/C9H9N3/c1-8(4-5-10)12-6-2-3-9(12)7-11/h2-3,6,8H,4H2,1H3. The molecule has 1 rings (SSSR count). The molecule has 1 heterocycles. The first kappa shape index (κ1) is 8.36. The Morgan fingerprint density at radius 1 is 1.58 bits per heavy atom. The second-order valence-corrected chi connectivity index (χ2v) is 2.62. The highest BCUT2D eigenvalue weighted by Crippen LogP contribution is 2.13. The minimum atomic E-state index is 0.0830. The van der Waals surface area contributed by atoms with Gasteiger partial charge < -0.3 is 4.57 Å². The monoisotopic (exact) mass is 159 g/mol. The van der Waals surface area contributed by atoms with Gasteiger partial charge >= 0.3 is 0 Å². The molecule has 60 valence electrons. The largest absolute Gasteiger partial charge is 0.336 e. The van der Waals surface area contributed by atoms with Crippen LogP contribution in [0.4, 0.5) is 0 Å². The van der Waals surface area contributed by atoms with Crippen LogP contribution in [-0.4, -0.2) is 4.57 Å². The molecule has 0 aromatic carbocycles. The Hall–Kier alpha value is -1.74. The van der Waals surface area contributed by atoms with Crippen molar-refractivity contribution in [1.29, 1.82) is 10.5 Å². The molecule has 0 saturated heterocycles. The lowest BCUT2D eigenvalue weighted by Crippen LogP contribution is -2.04. The van der Waals surface area contributed by atoms with Crippen LogP contribution in [0.15, 0.2) is 18.3 Å². The number of rotatable bonds is 2. The van der Waals surface area contributed by atoms with Gasteiger partial charge in [-0.2, -0.15) is 10.5 Å². The van der Waals surface area contributed by atoms with E-state index in [0.717, 1.165) is 0 Å². The van der Waals surface area contributed by atoms with Crippen LogP contribution >= 0.6 is 0 Å². The van der Waals surface area contributed by atoms with E-state index in [0.29, 0.717) is 12.1 Å². The Kier molecular flexibility index (Phi) is 2.50. The van der Waals surface area contributed by atoms with E-state index in [1.54, 1.807) is 6.07 Å². The number of aromatic nitrogens is 1. The van der Waals surface area contributed by atoms with Gasteiger partial charge in [-0.05, 0) is 19.1 Å². The van der Waals surface area contributed by atoms with Crippen molar-refractivity contribution in [3.05, 3.63) is 24.0 Å². The first-order chi connectivity index (χ1) is 5.79. The molecular formula is C9H9N3. The lowest BCUT2D eigenvalue weighted by atomic mass is 10.2. The molecule has 0 spiro atoms. The molecule has 1 aromatic rings. The average molecular weight is 159 g/mol. The normalized spacial score (nSPS) is 11.6. The third-order valence-electron chi connectivity index (χ3n) is 1.76. The summed E-state index contributed by atoms with van der Waals surface area (Å²) in [5, 5.41) is 17.1. The van der Waals surface area contributed by atoms with Crippen molar-refractivity contribution in [2.45, 2.75) is 19.4 Å². The SMILES string of the molecule is CC(CC#N)n1cccc1C#N. The minimum absolute atomic E-state index is 0.0830. The Balaban J connectivity index is 2.89. The Morgan fingerprint density at radius 3 is 2.92 bits per heavy atom. The Labute approximate surface area is 71.5 Å². The van der Waals surface area contributed by atoms with Gasteiger partial charge in [-0.3, -0.25) is 0 Å². The molecule has 3 nitrogen and oxygen atoms in total. The molecule has 0 fully saturated rings. The van der Waals surface area contributed by atoms with Gasteiger partial charge in [0, 0.05) is 12.2 Å². The highest BCUT2D eigenvalue weighted by Gasteiger charge is 2.06. The maximum Gasteiger partial charge on any atom is 0.120 e. The number of nitrogens with zero attached hydrogens (tertiary/aromatic N) is 3. The molecule has 0 radical (unpaired) electrons. The molecule has 3 heteroatoms. The first-order valence-corrected chi connectivity index (χ1v) is 3.73. The lowest BCUT2D eigenvalue weighted by molar-refractivity contribution is 0.557. The molecule has 12 heavy (non-hydrogen) atoms. The smallest absolute Gasteiger partial charge is 0.120 e. The summed E-state index contributed by atoms with van der Waals surface area (Å²) in [5.41, 5.74) is 0.609. The fourth-order valence-corrected chi connectivity index (χ4v) is 1.10. The van der Waals surface area contributed by atoms with E-state index in [-0.39, 0.29) is 6.04 Å². The van der Waals surface area contributed by atoms with Gasteiger partial charge in [0.25, 0.3) is 0 Å². The van der Waals surface area contributed by atoms with Crippen LogP contribution in [0.2, 0.25) is 0 Å². The summed E-state index contributed by atoms with van der Waals surface area (Å²) in [6.07, 6.45) is 2.25. The fourth-order valence-electron chi connectivity index (χ4n) is 1.10. The Bertz CT molecular complexity index is 337. The summed E-state index contributed by atoms with van der Waals surface area (Å²) in [4.78, 5) is 0. The van der Waals surface area contributed by atoms with Crippen molar-refractivity contribution in [2.24, 2.45) is 0 Å². The van der Waals surface area contributed by atoms with Gasteiger partial charge in [0.1, 0.15) is 11.8 Å². The molecule has 0 bridgehead atoms. The summed E-state index contributed by atoms with van der Waals surface area (Å²) in [7, 11) is 0. The quantitative estimate of drug-likeness (QED) is 0.661. The highest BCUT2D eigenvalue weighted by molar-refractivity contribution is 5.22. The van der Waals surface area contributed by atoms with Crippen LogP contribution in [-0.2, 0) is 0 Å². The molecule has 0 saturated carbocycles. The zero-order valence-corrected chi connectivity index (χ0v) is 6.86. The van der Waals surface area contributed by atoms with Crippen molar-refractivity contribution in [3.8, 4) is 12.1 Å². The molecular weight excluding hydrogens is 150 g/mol. The third kappa shape index (κ3) is 1.46. The predicted octanol–water partition coefficient (Wildman–Crippen LogP) is 1.83.